The van der Waals surface area contributed by atoms with E-state index in [0.717, 1.165) is 25.1 Å². The van der Waals surface area contributed by atoms with Gasteiger partial charge in [0.2, 0.25) is 0 Å². The molecule has 0 saturated carbocycles. The van der Waals surface area contributed by atoms with Gasteiger partial charge in [-0.2, -0.15) is 0 Å². The van der Waals surface area contributed by atoms with E-state index in [4.69, 9.17) is 0 Å². The third kappa shape index (κ3) is 5.73. The Balaban J connectivity index is 2.68. The van der Waals surface area contributed by atoms with Gasteiger partial charge in [0.05, 0.1) is 0 Å². The molecule has 1 atom stereocenters. The zero-order valence-electron chi connectivity index (χ0n) is 13.0. The van der Waals surface area contributed by atoms with Crippen LogP contribution in [0.1, 0.15) is 40.2 Å². The molecule has 0 bridgehead atoms. The number of hydrogen-bond acceptors (Lipinski definition) is 1. The van der Waals surface area contributed by atoms with Crippen LogP contribution in [0.5, 0.6) is 0 Å². The van der Waals surface area contributed by atoms with Gasteiger partial charge in [-0.05, 0) is 48.4 Å². The summed E-state index contributed by atoms with van der Waals surface area (Å²) in [6.07, 6.45) is 0.793. The number of nitrogens with one attached hydrogen (secondary N) is 1. The Hall–Kier alpha value is -0.890. The summed E-state index contributed by atoms with van der Waals surface area (Å²) in [5.74, 6) is 0.998. The Bertz CT molecular complexity index is 379. The topological polar surface area (TPSA) is 12.0 Å². The van der Waals surface area contributed by atoms with Crippen LogP contribution in [0.2, 0.25) is 0 Å². The smallest absolute Gasteiger partial charge is 0.126 e. The lowest BCUT2D eigenvalue weighted by Crippen LogP contribution is -2.35. The summed E-state index contributed by atoms with van der Waals surface area (Å²) in [4.78, 5) is 0. The molecule has 2 heteroatoms. The first-order valence-corrected chi connectivity index (χ1v) is 7.25. The molecule has 0 saturated heterocycles. The van der Waals surface area contributed by atoms with E-state index in [1.165, 1.54) is 0 Å². The Morgan fingerprint density at radius 2 is 1.74 bits per heavy atom. The summed E-state index contributed by atoms with van der Waals surface area (Å²) in [5.41, 5.74) is 1.00. The standard InChI is InChI=1S/C17H28FN/c1-13(2)11-19-12-15(17(3,4)5)10-14-8-6-7-9-16(14)18/h6-9,13,15,19H,10-12H2,1-5H3. The van der Waals surface area contributed by atoms with Gasteiger partial charge in [-0.1, -0.05) is 52.8 Å². The molecule has 0 aliphatic carbocycles. The van der Waals surface area contributed by atoms with Crippen LogP contribution in [0, 0.1) is 23.1 Å². The lowest BCUT2D eigenvalue weighted by molar-refractivity contribution is 0.227. The molecule has 1 N–H and O–H groups in total. The van der Waals surface area contributed by atoms with Crippen molar-refractivity contribution >= 4 is 0 Å². The van der Waals surface area contributed by atoms with Crippen LogP contribution >= 0.6 is 0 Å². The zero-order chi connectivity index (χ0) is 14.5. The molecule has 1 unspecified atom stereocenters. The van der Waals surface area contributed by atoms with Gasteiger partial charge in [0.15, 0.2) is 0 Å². The molecule has 0 heterocycles. The molecule has 0 aromatic heterocycles. The monoisotopic (exact) mass is 265 g/mol. The molecule has 0 spiro atoms. The van der Waals surface area contributed by atoms with E-state index in [-0.39, 0.29) is 11.2 Å². The lowest BCUT2D eigenvalue weighted by atomic mass is 9.77. The average molecular weight is 265 g/mol. The van der Waals surface area contributed by atoms with Crippen molar-refractivity contribution in [1.82, 2.24) is 5.32 Å². The number of rotatable bonds is 6. The van der Waals surface area contributed by atoms with Crippen LogP contribution in [0.4, 0.5) is 4.39 Å². The molecule has 0 aliphatic rings. The lowest BCUT2D eigenvalue weighted by Gasteiger charge is -2.31. The van der Waals surface area contributed by atoms with E-state index in [0.29, 0.717) is 11.8 Å². The van der Waals surface area contributed by atoms with Gasteiger partial charge >= 0.3 is 0 Å². The Morgan fingerprint density at radius 1 is 1.11 bits per heavy atom. The number of halogens is 1. The molecular weight excluding hydrogens is 237 g/mol. The third-order valence-electron chi connectivity index (χ3n) is 3.59. The maximum absolute atomic E-state index is 13.8. The Kier molecular flexibility index (Phi) is 5.99. The van der Waals surface area contributed by atoms with Gasteiger partial charge in [-0.15, -0.1) is 0 Å². The van der Waals surface area contributed by atoms with Gasteiger partial charge in [0.1, 0.15) is 5.82 Å². The van der Waals surface area contributed by atoms with Crippen molar-refractivity contribution in [2.75, 3.05) is 13.1 Å². The summed E-state index contributed by atoms with van der Waals surface area (Å²) in [5, 5.41) is 3.51. The van der Waals surface area contributed by atoms with Crippen LogP contribution in [-0.4, -0.2) is 13.1 Å². The van der Waals surface area contributed by atoms with Gasteiger partial charge in [0, 0.05) is 0 Å². The first kappa shape index (κ1) is 16.2. The SMILES string of the molecule is CC(C)CNCC(Cc1ccccc1F)C(C)(C)C. The fourth-order valence-electron chi connectivity index (χ4n) is 2.16. The fourth-order valence-corrected chi connectivity index (χ4v) is 2.16. The minimum Gasteiger partial charge on any atom is -0.316 e. The summed E-state index contributed by atoms with van der Waals surface area (Å²) in [6, 6.07) is 7.12. The van der Waals surface area contributed by atoms with Gasteiger partial charge < -0.3 is 5.32 Å². The number of hydrogen-bond donors (Lipinski definition) is 1. The Morgan fingerprint density at radius 3 is 2.26 bits per heavy atom. The highest BCUT2D eigenvalue weighted by Gasteiger charge is 2.25. The molecule has 19 heavy (non-hydrogen) atoms. The minimum absolute atomic E-state index is 0.0828. The minimum atomic E-state index is -0.0828. The Labute approximate surface area is 117 Å². The second-order valence-electron chi connectivity index (χ2n) is 6.91. The van der Waals surface area contributed by atoms with Gasteiger partial charge in [-0.25, -0.2) is 4.39 Å². The van der Waals surface area contributed by atoms with Crippen molar-refractivity contribution in [3.8, 4) is 0 Å². The highest BCUT2D eigenvalue weighted by atomic mass is 19.1. The molecular formula is C17H28FN. The van der Waals surface area contributed by atoms with Crippen molar-refractivity contribution in [3.05, 3.63) is 35.6 Å². The highest BCUT2D eigenvalue weighted by Crippen LogP contribution is 2.29. The quantitative estimate of drug-likeness (QED) is 0.809. The first-order valence-electron chi connectivity index (χ1n) is 7.25. The molecule has 108 valence electrons. The van der Waals surface area contributed by atoms with E-state index in [2.05, 4.69) is 39.9 Å². The van der Waals surface area contributed by atoms with Crippen LogP contribution in [0.15, 0.2) is 24.3 Å². The molecule has 1 rings (SSSR count). The summed E-state index contributed by atoms with van der Waals surface area (Å²) < 4.78 is 13.8. The first-order chi connectivity index (χ1) is 8.80. The maximum atomic E-state index is 13.8. The van der Waals surface area contributed by atoms with Crippen LogP contribution in [-0.2, 0) is 6.42 Å². The van der Waals surface area contributed by atoms with E-state index < -0.39 is 0 Å². The molecule has 1 aromatic carbocycles. The van der Waals surface area contributed by atoms with Crippen molar-refractivity contribution in [2.45, 2.75) is 41.0 Å². The van der Waals surface area contributed by atoms with E-state index in [9.17, 15) is 4.39 Å². The maximum Gasteiger partial charge on any atom is 0.126 e. The van der Waals surface area contributed by atoms with E-state index in [1.807, 2.05) is 12.1 Å². The van der Waals surface area contributed by atoms with Crippen LogP contribution in [0.25, 0.3) is 0 Å². The van der Waals surface area contributed by atoms with E-state index in [1.54, 1.807) is 12.1 Å². The third-order valence-corrected chi connectivity index (χ3v) is 3.59. The van der Waals surface area contributed by atoms with Gasteiger partial charge in [-0.3, -0.25) is 0 Å². The molecule has 0 aliphatic heterocycles. The molecule has 0 fully saturated rings. The molecule has 0 radical (unpaired) electrons. The fraction of sp³-hybridized carbons (Fsp3) is 0.647. The average Bonchev–Trinajstić information content (AvgIpc) is 2.28. The highest BCUT2D eigenvalue weighted by molar-refractivity contribution is 5.18. The zero-order valence-corrected chi connectivity index (χ0v) is 13.0. The summed E-state index contributed by atoms with van der Waals surface area (Å²) >= 11 is 0. The normalized spacial score (nSPS) is 13.8. The van der Waals surface area contributed by atoms with Crippen LogP contribution in [0.3, 0.4) is 0 Å². The van der Waals surface area contributed by atoms with Crippen molar-refractivity contribution < 1.29 is 4.39 Å². The number of benzene rings is 1. The molecule has 0 amide bonds. The van der Waals surface area contributed by atoms with Crippen molar-refractivity contribution in [2.24, 2.45) is 17.3 Å². The molecule has 1 aromatic rings. The van der Waals surface area contributed by atoms with Gasteiger partial charge in [0.25, 0.3) is 0 Å². The summed E-state index contributed by atoms with van der Waals surface area (Å²) in [6.45, 7) is 13.1. The second-order valence-corrected chi connectivity index (χ2v) is 6.91. The summed E-state index contributed by atoms with van der Waals surface area (Å²) in [7, 11) is 0. The van der Waals surface area contributed by atoms with Crippen molar-refractivity contribution in [3.63, 3.8) is 0 Å². The van der Waals surface area contributed by atoms with Crippen molar-refractivity contribution in [1.29, 1.82) is 0 Å². The van der Waals surface area contributed by atoms with Crippen LogP contribution < -0.4 is 5.32 Å². The second kappa shape index (κ2) is 7.04. The largest absolute Gasteiger partial charge is 0.316 e. The predicted octanol–water partition coefficient (Wildman–Crippen LogP) is 4.28. The van der Waals surface area contributed by atoms with E-state index >= 15 is 0 Å². The molecule has 1 nitrogen and oxygen atoms in total. The predicted molar refractivity (Wildman–Crippen MR) is 80.8 cm³/mol.